The van der Waals surface area contributed by atoms with Gasteiger partial charge in [0, 0.05) is 11.8 Å². The van der Waals surface area contributed by atoms with E-state index in [0.717, 1.165) is 17.6 Å². The molecule has 4 rings (SSSR count). The Morgan fingerprint density at radius 1 is 0.939 bits per heavy atom. The average molecular weight is 452 g/mol. The van der Waals surface area contributed by atoms with Crippen LogP contribution in [0.2, 0.25) is 0 Å². The summed E-state index contributed by atoms with van der Waals surface area (Å²) in [6, 6.07) is 20.4. The van der Waals surface area contributed by atoms with Crippen LogP contribution in [-0.2, 0) is 17.5 Å². The van der Waals surface area contributed by atoms with Crippen LogP contribution in [0.25, 0.3) is 10.8 Å². The first-order valence-corrected chi connectivity index (χ1v) is 10.1. The van der Waals surface area contributed by atoms with Gasteiger partial charge in [0.2, 0.25) is 5.91 Å². The van der Waals surface area contributed by atoms with E-state index in [1.54, 1.807) is 42.5 Å². The number of benzene rings is 3. The number of phenols is 1. The fourth-order valence-electron chi connectivity index (χ4n) is 3.79. The van der Waals surface area contributed by atoms with Gasteiger partial charge < -0.3 is 15.0 Å². The molecule has 8 heteroatoms. The molecule has 0 saturated carbocycles. The number of amides is 1. The van der Waals surface area contributed by atoms with Crippen molar-refractivity contribution in [1.29, 1.82) is 0 Å². The van der Waals surface area contributed by atoms with Crippen LogP contribution in [-0.4, -0.2) is 15.6 Å². The number of aromatic hydroxyl groups is 1. The summed E-state index contributed by atoms with van der Waals surface area (Å²) in [6.07, 6.45) is -3.69. The minimum absolute atomic E-state index is 0.0425. The van der Waals surface area contributed by atoms with Gasteiger partial charge in [0.05, 0.1) is 6.04 Å². The van der Waals surface area contributed by atoms with Crippen molar-refractivity contribution in [3.8, 4) is 5.75 Å². The van der Waals surface area contributed by atoms with Crippen LogP contribution in [0.3, 0.4) is 0 Å². The quantitative estimate of drug-likeness (QED) is 0.464. The van der Waals surface area contributed by atoms with Gasteiger partial charge in [-0.2, -0.15) is 13.2 Å². The minimum atomic E-state index is -4.82. The molecule has 1 amide bonds. The average Bonchev–Trinajstić information content (AvgIpc) is 2.79. The highest BCUT2D eigenvalue weighted by atomic mass is 19.4. The number of alkyl halides is 3. The Morgan fingerprint density at radius 2 is 1.64 bits per heavy atom. The molecule has 0 aliphatic rings. The molecule has 3 aromatic carbocycles. The monoisotopic (exact) mass is 452 g/mol. The van der Waals surface area contributed by atoms with E-state index in [4.69, 9.17) is 0 Å². The van der Waals surface area contributed by atoms with Gasteiger partial charge in [-0.1, -0.05) is 60.7 Å². The van der Waals surface area contributed by atoms with Crippen molar-refractivity contribution in [3.63, 3.8) is 0 Å². The first-order valence-electron chi connectivity index (χ1n) is 10.1. The number of nitrogens with zero attached hydrogens (tertiary/aromatic N) is 1. The number of nitrogens with one attached hydrogen (secondary N) is 1. The lowest BCUT2D eigenvalue weighted by atomic mass is 9.92. The molecular formula is C25H19F3N2O3. The number of rotatable bonds is 5. The third-order valence-electron chi connectivity index (χ3n) is 5.31. The number of fused-ring (bicyclic) bond motifs is 1. The fraction of sp³-hybridized carbons (Fsp3) is 0.120. The molecule has 1 aromatic heterocycles. The highest BCUT2D eigenvalue weighted by Gasteiger charge is 2.34. The van der Waals surface area contributed by atoms with E-state index in [-0.39, 0.29) is 5.75 Å². The summed E-state index contributed by atoms with van der Waals surface area (Å²) in [5.74, 6) is -0.725. The van der Waals surface area contributed by atoms with Gasteiger partial charge in [0.1, 0.15) is 17.9 Å². The van der Waals surface area contributed by atoms with Crippen LogP contribution in [0.5, 0.6) is 5.75 Å². The maximum atomic E-state index is 13.1. The van der Waals surface area contributed by atoms with Crippen molar-refractivity contribution in [2.75, 3.05) is 0 Å². The second kappa shape index (κ2) is 8.82. The largest absolute Gasteiger partial charge is 0.508 e. The second-order valence-corrected chi connectivity index (χ2v) is 7.48. The molecule has 0 fully saturated rings. The molecule has 0 aliphatic heterocycles. The van der Waals surface area contributed by atoms with Crippen molar-refractivity contribution in [1.82, 2.24) is 9.88 Å². The van der Waals surface area contributed by atoms with Crippen molar-refractivity contribution < 1.29 is 23.1 Å². The smallest absolute Gasteiger partial charge is 0.421 e. The van der Waals surface area contributed by atoms with E-state index < -0.39 is 35.8 Å². The molecule has 0 aliphatic carbocycles. The van der Waals surface area contributed by atoms with Crippen molar-refractivity contribution in [2.24, 2.45) is 0 Å². The first kappa shape index (κ1) is 22.1. The molecule has 0 spiro atoms. The van der Waals surface area contributed by atoms with Crippen molar-refractivity contribution in [3.05, 3.63) is 112 Å². The minimum Gasteiger partial charge on any atom is -0.508 e. The Kier molecular flexibility index (Phi) is 5.91. The standard InChI is InChI=1S/C25H19F3N2O3/c26-25(27,28)19-11-6-14-30(24(19)33)15-21(32)29-23(17-8-2-1-3-9-17)22-18-10-5-4-7-16(18)12-13-20(22)31/h1-14,23,31H,15H2,(H,29,32). The predicted molar refractivity (Wildman–Crippen MR) is 118 cm³/mol. The molecule has 2 N–H and O–H groups in total. The van der Waals surface area contributed by atoms with E-state index in [0.29, 0.717) is 27.1 Å². The molecule has 1 heterocycles. The molecule has 5 nitrogen and oxygen atoms in total. The summed E-state index contributed by atoms with van der Waals surface area (Å²) < 4.78 is 39.9. The van der Waals surface area contributed by atoms with Crippen LogP contribution in [0.15, 0.2) is 89.9 Å². The number of carbonyl (C=O) groups is 1. The molecule has 1 unspecified atom stereocenters. The summed E-state index contributed by atoms with van der Waals surface area (Å²) in [4.78, 5) is 25.1. The number of phenolic OH excluding ortho intramolecular Hbond substituents is 1. The van der Waals surface area contributed by atoms with Gasteiger partial charge in [-0.3, -0.25) is 9.59 Å². The van der Waals surface area contributed by atoms with Crippen LogP contribution >= 0.6 is 0 Å². The normalized spacial score (nSPS) is 12.5. The van der Waals surface area contributed by atoms with E-state index in [9.17, 15) is 27.9 Å². The number of carbonyl (C=O) groups excluding carboxylic acids is 1. The second-order valence-electron chi connectivity index (χ2n) is 7.48. The summed E-state index contributed by atoms with van der Waals surface area (Å²) >= 11 is 0. The van der Waals surface area contributed by atoms with Gasteiger partial charge in [-0.05, 0) is 34.5 Å². The zero-order valence-corrected chi connectivity index (χ0v) is 17.2. The summed E-state index contributed by atoms with van der Waals surface area (Å²) in [7, 11) is 0. The topological polar surface area (TPSA) is 71.3 Å². The van der Waals surface area contributed by atoms with Crippen molar-refractivity contribution in [2.45, 2.75) is 18.8 Å². The van der Waals surface area contributed by atoms with E-state index in [1.165, 1.54) is 6.07 Å². The lowest BCUT2D eigenvalue weighted by Crippen LogP contribution is -2.36. The van der Waals surface area contributed by atoms with Crippen LogP contribution in [0.1, 0.15) is 22.7 Å². The van der Waals surface area contributed by atoms with Gasteiger partial charge in [0.25, 0.3) is 5.56 Å². The molecular weight excluding hydrogens is 433 g/mol. The lowest BCUT2D eigenvalue weighted by molar-refractivity contribution is -0.139. The Labute approximate surface area is 186 Å². The molecule has 4 aromatic rings. The third-order valence-corrected chi connectivity index (χ3v) is 5.31. The Morgan fingerprint density at radius 3 is 2.36 bits per heavy atom. The van der Waals surface area contributed by atoms with Gasteiger partial charge in [-0.15, -0.1) is 0 Å². The van der Waals surface area contributed by atoms with Gasteiger partial charge >= 0.3 is 6.18 Å². The molecule has 0 radical (unpaired) electrons. The Bertz CT molecular complexity index is 1360. The number of hydrogen-bond donors (Lipinski definition) is 2. The van der Waals surface area contributed by atoms with Crippen LogP contribution < -0.4 is 10.9 Å². The molecule has 0 bridgehead atoms. The summed E-state index contributed by atoms with van der Waals surface area (Å²) in [5, 5.41) is 15.0. The predicted octanol–water partition coefficient (Wildman–Crippen LogP) is 4.63. The SMILES string of the molecule is O=C(Cn1cccc(C(F)(F)F)c1=O)NC(c1ccccc1)c1c(O)ccc2ccccc12. The molecule has 33 heavy (non-hydrogen) atoms. The van der Waals surface area contributed by atoms with Crippen LogP contribution in [0.4, 0.5) is 13.2 Å². The van der Waals surface area contributed by atoms with Crippen LogP contribution in [0, 0.1) is 0 Å². The Balaban J connectivity index is 1.73. The molecule has 1 atom stereocenters. The molecule has 168 valence electrons. The number of pyridine rings is 1. The zero-order chi connectivity index (χ0) is 23.6. The van der Waals surface area contributed by atoms with E-state index in [1.807, 2.05) is 18.2 Å². The first-order chi connectivity index (χ1) is 15.8. The summed E-state index contributed by atoms with van der Waals surface area (Å²) in [6.45, 7) is -0.613. The van der Waals surface area contributed by atoms with Gasteiger partial charge in [0.15, 0.2) is 0 Å². The maximum Gasteiger partial charge on any atom is 0.421 e. The third kappa shape index (κ3) is 4.59. The Hall–Kier alpha value is -4.07. The van der Waals surface area contributed by atoms with E-state index in [2.05, 4.69) is 5.32 Å². The lowest BCUT2D eigenvalue weighted by Gasteiger charge is -2.23. The zero-order valence-electron chi connectivity index (χ0n) is 17.2. The van der Waals surface area contributed by atoms with Gasteiger partial charge in [-0.25, -0.2) is 0 Å². The highest BCUT2D eigenvalue weighted by molar-refractivity contribution is 5.89. The summed E-state index contributed by atoms with van der Waals surface area (Å²) in [5.41, 5.74) is -1.54. The maximum absolute atomic E-state index is 13.1. The van der Waals surface area contributed by atoms with Crippen molar-refractivity contribution >= 4 is 16.7 Å². The fourth-order valence-corrected chi connectivity index (χ4v) is 3.79. The number of halogens is 3. The number of aromatic nitrogens is 1. The molecule has 0 saturated heterocycles. The number of hydrogen-bond acceptors (Lipinski definition) is 3. The van der Waals surface area contributed by atoms with E-state index >= 15 is 0 Å². The highest BCUT2D eigenvalue weighted by Crippen LogP contribution is 2.35.